The molecule has 0 fully saturated rings. The second kappa shape index (κ2) is 3.44. The highest BCUT2D eigenvalue weighted by Crippen LogP contribution is 2.05. The van der Waals surface area contributed by atoms with Crippen LogP contribution < -0.4 is 0 Å². The molecule has 52 valence electrons. The fourth-order valence-electron chi connectivity index (χ4n) is 0.582. The van der Waals surface area contributed by atoms with Crippen molar-refractivity contribution in [1.82, 2.24) is 0 Å². The Kier molecular flexibility index (Phi) is 3.21. The molecule has 0 saturated carbocycles. The zero-order valence-electron chi connectivity index (χ0n) is 6.40. The third-order valence-electron chi connectivity index (χ3n) is 1.30. The fourth-order valence-corrected chi connectivity index (χ4v) is 0.582. The van der Waals surface area contributed by atoms with E-state index in [1.54, 1.807) is 0 Å². The monoisotopic (exact) mass is 126 g/mol. The zero-order valence-corrected chi connectivity index (χ0v) is 6.40. The van der Waals surface area contributed by atoms with Crippen LogP contribution in [0.1, 0.15) is 27.2 Å². The third kappa shape index (κ3) is 2.45. The Labute approximate surface area is 56.8 Å². The second-order valence-corrected chi connectivity index (χ2v) is 2.48. The van der Waals surface area contributed by atoms with Crippen molar-refractivity contribution >= 4 is 5.78 Å². The second-order valence-electron chi connectivity index (χ2n) is 2.48. The minimum absolute atomic E-state index is 0.109. The molecule has 0 spiro atoms. The van der Waals surface area contributed by atoms with E-state index in [1.807, 2.05) is 20.8 Å². The molecule has 0 bridgehead atoms. The van der Waals surface area contributed by atoms with Crippen molar-refractivity contribution in [3.63, 3.8) is 0 Å². The van der Waals surface area contributed by atoms with Crippen LogP contribution in [-0.4, -0.2) is 5.78 Å². The highest BCUT2D eigenvalue weighted by molar-refractivity contribution is 5.95. The predicted molar refractivity (Wildman–Crippen MR) is 39.3 cm³/mol. The summed E-state index contributed by atoms with van der Waals surface area (Å²) in [4.78, 5) is 11.0. The summed E-state index contributed by atoms with van der Waals surface area (Å²) in [6, 6.07) is 0. The van der Waals surface area contributed by atoms with E-state index in [0.717, 1.165) is 12.0 Å². The van der Waals surface area contributed by atoms with Gasteiger partial charge in [-0.3, -0.25) is 4.79 Å². The van der Waals surface area contributed by atoms with E-state index in [1.165, 1.54) is 0 Å². The molecule has 0 radical (unpaired) electrons. The summed E-state index contributed by atoms with van der Waals surface area (Å²) < 4.78 is 0. The van der Waals surface area contributed by atoms with E-state index >= 15 is 0 Å². The van der Waals surface area contributed by atoms with E-state index < -0.39 is 0 Å². The maximum Gasteiger partial charge on any atom is 0.160 e. The van der Waals surface area contributed by atoms with Crippen molar-refractivity contribution in [3.8, 4) is 0 Å². The minimum Gasteiger partial charge on any atom is -0.294 e. The van der Waals surface area contributed by atoms with Crippen molar-refractivity contribution in [1.29, 1.82) is 0 Å². The van der Waals surface area contributed by atoms with Crippen LogP contribution in [0.25, 0.3) is 0 Å². The molecule has 1 heteroatoms. The average Bonchev–Trinajstić information content (AvgIpc) is 1.84. The number of hydrogen-bond donors (Lipinski definition) is 0. The molecule has 0 aliphatic rings. The number of rotatable bonds is 3. The zero-order chi connectivity index (χ0) is 7.44. The maximum atomic E-state index is 11.0. The van der Waals surface area contributed by atoms with Crippen LogP contribution in [0.15, 0.2) is 12.2 Å². The van der Waals surface area contributed by atoms with E-state index in [2.05, 4.69) is 6.58 Å². The first-order valence-corrected chi connectivity index (χ1v) is 3.31. The lowest BCUT2D eigenvalue weighted by Crippen LogP contribution is -2.08. The van der Waals surface area contributed by atoms with Gasteiger partial charge in [0.2, 0.25) is 0 Å². The molecular weight excluding hydrogens is 112 g/mol. The van der Waals surface area contributed by atoms with Crippen LogP contribution in [0.2, 0.25) is 0 Å². The molecule has 0 unspecified atom stereocenters. The molecule has 0 aliphatic carbocycles. The Hall–Kier alpha value is -0.590. The molecule has 0 amide bonds. The van der Waals surface area contributed by atoms with Crippen LogP contribution in [0.4, 0.5) is 0 Å². The summed E-state index contributed by atoms with van der Waals surface area (Å²) in [7, 11) is 0. The van der Waals surface area contributed by atoms with Crippen LogP contribution in [-0.2, 0) is 4.79 Å². The van der Waals surface area contributed by atoms with Crippen molar-refractivity contribution < 1.29 is 4.79 Å². The number of Topliss-reactive ketones (excluding diaryl/α,β-unsaturated/α-hetero) is 1. The largest absolute Gasteiger partial charge is 0.294 e. The molecule has 1 nitrogen and oxygen atoms in total. The topological polar surface area (TPSA) is 17.1 Å². The third-order valence-corrected chi connectivity index (χ3v) is 1.30. The number of carbonyl (C=O) groups is 1. The van der Waals surface area contributed by atoms with Gasteiger partial charge in [-0.25, -0.2) is 0 Å². The molecule has 0 atom stereocenters. The van der Waals surface area contributed by atoms with Crippen molar-refractivity contribution in [2.45, 2.75) is 27.2 Å². The Balaban J connectivity index is 3.89. The lowest BCUT2D eigenvalue weighted by molar-refractivity contribution is -0.118. The molecule has 9 heavy (non-hydrogen) atoms. The molecule has 0 aliphatic heterocycles. The van der Waals surface area contributed by atoms with E-state index in [-0.39, 0.29) is 11.7 Å². The van der Waals surface area contributed by atoms with Crippen LogP contribution in [0.5, 0.6) is 0 Å². The van der Waals surface area contributed by atoms with E-state index in [0.29, 0.717) is 0 Å². The predicted octanol–water partition coefficient (Wildman–Crippen LogP) is 2.18. The first-order chi connectivity index (χ1) is 4.09. The summed E-state index contributed by atoms with van der Waals surface area (Å²) in [5.41, 5.74) is 0.741. The van der Waals surface area contributed by atoms with Crippen molar-refractivity contribution in [2.75, 3.05) is 0 Å². The van der Waals surface area contributed by atoms with Gasteiger partial charge in [-0.15, -0.1) is 0 Å². The van der Waals surface area contributed by atoms with E-state index in [9.17, 15) is 4.79 Å². The van der Waals surface area contributed by atoms with Gasteiger partial charge in [0.1, 0.15) is 0 Å². The molecule has 0 rings (SSSR count). The quantitative estimate of drug-likeness (QED) is 0.530. The SMILES string of the molecule is C=C(CC)C(=O)C(C)C. The summed E-state index contributed by atoms with van der Waals surface area (Å²) in [6.45, 7) is 9.38. The number of allylic oxidation sites excluding steroid dienone is 1. The molecule has 0 N–H and O–H groups in total. The van der Waals surface area contributed by atoms with Gasteiger partial charge in [0.25, 0.3) is 0 Å². The Morgan fingerprint density at radius 1 is 1.56 bits per heavy atom. The molecule has 0 saturated heterocycles. The summed E-state index contributed by atoms with van der Waals surface area (Å²) in [5.74, 6) is 0.301. The highest BCUT2D eigenvalue weighted by atomic mass is 16.1. The van der Waals surface area contributed by atoms with Gasteiger partial charge >= 0.3 is 0 Å². The van der Waals surface area contributed by atoms with Crippen LogP contribution in [0.3, 0.4) is 0 Å². The summed E-state index contributed by atoms with van der Waals surface area (Å²) >= 11 is 0. The molecule has 0 aromatic rings. The van der Waals surface area contributed by atoms with Gasteiger partial charge in [-0.05, 0) is 12.0 Å². The Morgan fingerprint density at radius 3 is 2.11 bits per heavy atom. The van der Waals surface area contributed by atoms with Gasteiger partial charge in [0, 0.05) is 5.92 Å². The normalized spacial score (nSPS) is 9.78. The van der Waals surface area contributed by atoms with Gasteiger partial charge in [0.05, 0.1) is 0 Å². The first-order valence-electron chi connectivity index (χ1n) is 3.31. The first kappa shape index (κ1) is 8.41. The van der Waals surface area contributed by atoms with Gasteiger partial charge in [-0.2, -0.15) is 0 Å². The van der Waals surface area contributed by atoms with Crippen molar-refractivity contribution in [3.05, 3.63) is 12.2 Å². The number of hydrogen-bond acceptors (Lipinski definition) is 1. The van der Waals surface area contributed by atoms with Gasteiger partial charge in [-0.1, -0.05) is 27.4 Å². The van der Waals surface area contributed by atoms with Gasteiger partial charge in [0.15, 0.2) is 5.78 Å². The molecule has 0 heterocycles. The Morgan fingerprint density at radius 2 is 2.00 bits per heavy atom. The Bertz CT molecular complexity index is 123. The maximum absolute atomic E-state index is 11.0. The minimum atomic E-state index is 0.109. The lowest BCUT2D eigenvalue weighted by Gasteiger charge is -2.02. The van der Waals surface area contributed by atoms with Gasteiger partial charge < -0.3 is 0 Å². The van der Waals surface area contributed by atoms with Crippen LogP contribution >= 0.6 is 0 Å². The summed E-state index contributed by atoms with van der Waals surface area (Å²) in [6.07, 6.45) is 0.775. The number of ketones is 1. The number of carbonyl (C=O) groups excluding carboxylic acids is 1. The standard InChI is InChI=1S/C8H14O/c1-5-7(4)8(9)6(2)3/h6H,4-5H2,1-3H3. The molecular formula is C8H14O. The fraction of sp³-hybridized carbons (Fsp3) is 0.625. The molecule has 0 aromatic carbocycles. The average molecular weight is 126 g/mol. The smallest absolute Gasteiger partial charge is 0.160 e. The van der Waals surface area contributed by atoms with Crippen LogP contribution in [0, 0.1) is 5.92 Å². The summed E-state index contributed by atoms with van der Waals surface area (Å²) in [5, 5.41) is 0. The molecule has 0 aromatic heterocycles. The highest BCUT2D eigenvalue weighted by Gasteiger charge is 2.08. The van der Waals surface area contributed by atoms with E-state index in [4.69, 9.17) is 0 Å². The van der Waals surface area contributed by atoms with Crippen molar-refractivity contribution in [2.24, 2.45) is 5.92 Å². The lowest BCUT2D eigenvalue weighted by atomic mass is 10.0.